The standard InChI is InChI=1S/C6H11N3OS2/c1-4(3-10-2)11-6-9-8-5(7)12-6/h4H,3H2,1-2H3,(H2,7,8). The second kappa shape index (κ2) is 4.64. The Morgan fingerprint density at radius 2 is 2.42 bits per heavy atom. The summed E-state index contributed by atoms with van der Waals surface area (Å²) in [5, 5.41) is 8.51. The SMILES string of the molecule is COCC(C)Sc1nnc(N)s1. The average Bonchev–Trinajstić information content (AvgIpc) is 2.36. The summed E-state index contributed by atoms with van der Waals surface area (Å²) >= 11 is 3.03. The van der Waals surface area contributed by atoms with Crippen LogP contribution in [0.4, 0.5) is 5.13 Å². The van der Waals surface area contributed by atoms with Gasteiger partial charge in [0.05, 0.1) is 6.61 Å². The van der Waals surface area contributed by atoms with Gasteiger partial charge < -0.3 is 10.5 Å². The molecule has 1 heterocycles. The minimum absolute atomic E-state index is 0.391. The number of rotatable bonds is 4. The molecule has 0 amide bonds. The van der Waals surface area contributed by atoms with Gasteiger partial charge in [0.15, 0.2) is 4.34 Å². The molecule has 6 heteroatoms. The van der Waals surface area contributed by atoms with Gasteiger partial charge in [0.25, 0.3) is 0 Å². The van der Waals surface area contributed by atoms with Gasteiger partial charge in [-0.3, -0.25) is 0 Å². The van der Waals surface area contributed by atoms with Crippen LogP contribution < -0.4 is 5.73 Å². The van der Waals surface area contributed by atoms with Crippen LogP contribution in [0.5, 0.6) is 0 Å². The molecule has 0 saturated carbocycles. The van der Waals surface area contributed by atoms with Crippen LogP contribution >= 0.6 is 23.1 Å². The van der Waals surface area contributed by atoms with Crippen molar-refractivity contribution in [2.45, 2.75) is 16.5 Å². The normalized spacial score (nSPS) is 13.2. The van der Waals surface area contributed by atoms with Crippen LogP contribution in [-0.4, -0.2) is 29.2 Å². The molecule has 0 aliphatic heterocycles. The molecule has 0 spiro atoms. The lowest BCUT2D eigenvalue weighted by molar-refractivity contribution is 0.203. The predicted octanol–water partition coefficient (Wildman–Crippen LogP) is 1.25. The third-order valence-corrected chi connectivity index (χ3v) is 3.03. The van der Waals surface area contributed by atoms with E-state index < -0.39 is 0 Å². The smallest absolute Gasteiger partial charge is 0.203 e. The number of aromatic nitrogens is 2. The molecule has 4 nitrogen and oxygen atoms in total. The summed E-state index contributed by atoms with van der Waals surface area (Å²) in [6.07, 6.45) is 0. The van der Waals surface area contributed by atoms with E-state index in [-0.39, 0.29) is 0 Å². The first kappa shape index (κ1) is 9.76. The van der Waals surface area contributed by atoms with Gasteiger partial charge in [0, 0.05) is 12.4 Å². The van der Waals surface area contributed by atoms with Crippen molar-refractivity contribution < 1.29 is 4.74 Å². The Hall–Kier alpha value is -0.330. The summed E-state index contributed by atoms with van der Waals surface area (Å²) in [6.45, 7) is 2.79. The molecular formula is C6H11N3OS2. The average molecular weight is 205 g/mol. The molecule has 2 N–H and O–H groups in total. The van der Waals surface area contributed by atoms with Gasteiger partial charge in [-0.25, -0.2) is 0 Å². The summed E-state index contributed by atoms with van der Waals surface area (Å²) in [5.74, 6) is 0. The molecule has 1 atom stereocenters. The zero-order chi connectivity index (χ0) is 8.97. The van der Waals surface area contributed by atoms with Crippen LogP contribution in [0.2, 0.25) is 0 Å². The van der Waals surface area contributed by atoms with Crippen LogP contribution in [0.25, 0.3) is 0 Å². The third kappa shape index (κ3) is 2.96. The van der Waals surface area contributed by atoms with Crippen molar-refractivity contribution in [3.63, 3.8) is 0 Å². The van der Waals surface area contributed by atoms with E-state index in [0.717, 1.165) is 4.34 Å². The second-order valence-electron chi connectivity index (χ2n) is 2.29. The Balaban J connectivity index is 2.41. The number of anilines is 1. The Morgan fingerprint density at radius 3 is 2.92 bits per heavy atom. The molecule has 0 aliphatic carbocycles. The molecule has 1 unspecified atom stereocenters. The van der Waals surface area contributed by atoms with Crippen molar-refractivity contribution in [1.82, 2.24) is 10.2 Å². The van der Waals surface area contributed by atoms with E-state index in [1.165, 1.54) is 11.3 Å². The lowest BCUT2D eigenvalue weighted by Gasteiger charge is -2.05. The molecule has 0 radical (unpaired) electrons. The first-order valence-corrected chi connectivity index (χ1v) is 5.16. The van der Waals surface area contributed by atoms with Gasteiger partial charge in [-0.2, -0.15) is 0 Å². The minimum atomic E-state index is 0.391. The van der Waals surface area contributed by atoms with E-state index in [2.05, 4.69) is 17.1 Å². The largest absolute Gasteiger partial charge is 0.384 e. The first-order valence-electron chi connectivity index (χ1n) is 3.47. The summed E-state index contributed by atoms with van der Waals surface area (Å²) in [7, 11) is 1.69. The van der Waals surface area contributed by atoms with Crippen molar-refractivity contribution in [2.75, 3.05) is 19.5 Å². The third-order valence-electron chi connectivity index (χ3n) is 1.13. The monoisotopic (exact) mass is 205 g/mol. The molecule has 12 heavy (non-hydrogen) atoms. The summed E-state index contributed by atoms with van der Waals surface area (Å²) in [6, 6.07) is 0. The number of ether oxygens (including phenoxy) is 1. The van der Waals surface area contributed by atoms with Crippen molar-refractivity contribution >= 4 is 28.2 Å². The van der Waals surface area contributed by atoms with Gasteiger partial charge >= 0.3 is 0 Å². The topological polar surface area (TPSA) is 61.0 Å². The van der Waals surface area contributed by atoms with Gasteiger partial charge in [0.2, 0.25) is 5.13 Å². The molecule has 1 aromatic rings. The molecule has 68 valence electrons. The maximum Gasteiger partial charge on any atom is 0.203 e. The summed E-state index contributed by atoms with van der Waals surface area (Å²) in [5.41, 5.74) is 5.43. The molecule has 0 aliphatic rings. The molecule has 0 bridgehead atoms. The van der Waals surface area contributed by atoms with E-state index in [1.807, 2.05) is 0 Å². The lowest BCUT2D eigenvalue weighted by Crippen LogP contribution is -2.04. The molecule has 0 fully saturated rings. The number of nitrogens with zero attached hydrogens (tertiary/aromatic N) is 2. The Labute approximate surface area is 79.5 Å². The molecule has 1 rings (SSSR count). The number of hydrogen-bond acceptors (Lipinski definition) is 6. The number of methoxy groups -OCH3 is 1. The van der Waals surface area contributed by atoms with Crippen LogP contribution in [0.1, 0.15) is 6.92 Å². The van der Waals surface area contributed by atoms with Crippen LogP contribution in [0.15, 0.2) is 4.34 Å². The minimum Gasteiger partial charge on any atom is -0.384 e. The summed E-state index contributed by atoms with van der Waals surface area (Å²) < 4.78 is 5.89. The second-order valence-corrected chi connectivity index (χ2v) is 4.98. The molecule has 0 aromatic carbocycles. The highest BCUT2D eigenvalue weighted by atomic mass is 32.2. The van der Waals surface area contributed by atoms with Gasteiger partial charge in [-0.15, -0.1) is 10.2 Å². The zero-order valence-electron chi connectivity index (χ0n) is 6.98. The van der Waals surface area contributed by atoms with E-state index in [1.54, 1.807) is 18.9 Å². The van der Waals surface area contributed by atoms with Crippen molar-refractivity contribution in [3.8, 4) is 0 Å². The maximum atomic E-state index is 5.43. The Kier molecular flexibility index (Phi) is 3.77. The number of nitrogen functional groups attached to an aromatic ring is 1. The highest BCUT2D eigenvalue weighted by Gasteiger charge is 2.07. The highest BCUT2D eigenvalue weighted by Crippen LogP contribution is 2.27. The molecule has 1 aromatic heterocycles. The number of nitrogens with two attached hydrogens (primary N) is 1. The fourth-order valence-electron chi connectivity index (χ4n) is 0.709. The Bertz CT molecular complexity index is 240. The van der Waals surface area contributed by atoms with E-state index >= 15 is 0 Å². The maximum absolute atomic E-state index is 5.43. The fraction of sp³-hybridized carbons (Fsp3) is 0.667. The zero-order valence-corrected chi connectivity index (χ0v) is 8.61. The van der Waals surface area contributed by atoms with Crippen LogP contribution in [-0.2, 0) is 4.74 Å². The lowest BCUT2D eigenvalue weighted by atomic mass is 10.5. The Morgan fingerprint density at radius 1 is 1.67 bits per heavy atom. The van der Waals surface area contributed by atoms with Crippen molar-refractivity contribution in [3.05, 3.63) is 0 Å². The van der Waals surface area contributed by atoms with Crippen LogP contribution in [0, 0.1) is 0 Å². The fourth-order valence-corrected chi connectivity index (χ4v) is 2.63. The van der Waals surface area contributed by atoms with Gasteiger partial charge in [0.1, 0.15) is 0 Å². The first-order chi connectivity index (χ1) is 5.72. The summed E-state index contributed by atoms with van der Waals surface area (Å²) in [4.78, 5) is 0. The van der Waals surface area contributed by atoms with E-state index in [0.29, 0.717) is 17.0 Å². The quantitative estimate of drug-likeness (QED) is 0.749. The molecular weight excluding hydrogens is 194 g/mol. The van der Waals surface area contributed by atoms with Crippen molar-refractivity contribution in [2.24, 2.45) is 0 Å². The van der Waals surface area contributed by atoms with E-state index in [4.69, 9.17) is 10.5 Å². The van der Waals surface area contributed by atoms with Gasteiger partial charge in [-0.1, -0.05) is 30.0 Å². The predicted molar refractivity (Wildman–Crippen MR) is 51.5 cm³/mol. The highest BCUT2D eigenvalue weighted by molar-refractivity contribution is 8.01. The molecule has 0 saturated heterocycles. The number of hydrogen-bond donors (Lipinski definition) is 1. The van der Waals surface area contributed by atoms with Crippen LogP contribution in [0.3, 0.4) is 0 Å². The van der Waals surface area contributed by atoms with Crippen molar-refractivity contribution in [1.29, 1.82) is 0 Å². The number of thioether (sulfide) groups is 1. The van der Waals surface area contributed by atoms with E-state index in [9.17, 15) is 0 Å². The van der Waals surface area contributed by atoms with Gasteiger partial charge in [-0.05, 0) is 0 Å².